The fourth-order valence-electron chi connectivity index (χ4n) is 3.88. The summed E-state index contributed by atoms with van der Waals surface area (Å²) in [6.07, 6.45) is 0.304. The third kappa shape index (κ3) is 6.87. The van der Waals surface area contributed by atoms with E-state index in [0.29, 0.717) is 23.6 Å². The van der Waals surface area contributed by atoms with Crippen molar-refractivity contribution in [2.75, 3.05) is 17.4 Å². The van der Waals surface area contributed by atoms with E-state index in [9.17, 15) is 22.4 Å². The molecule has 0 bridgehead atoms. The van der Waals surface area contributed by atoms with E-state index in [1.807, 2.05) is 0 Å². The third-order valence-electron chi connectivity index (χ3n) is 5.76. The van der Waals surface area contributed by atoms with Crippen LogP contribution in [0, 0.1) is 5.82 Å². The van der Waals surface area contributed by atoms with E-state index in [1.165, 1.54) is 4.90 Å². The Morgan fingerprint density at radius 1 is 0.946 bits per heavy atom. The summed E-state index contributed by atoms with van der Waals surface area (Å²) >= 11 is 6.35. The Labute approximate surface area is 221 Å². The van der Waals surface area contributed by atoms with Gasteiger partial charge >= 0.3 is 0 Å². The molecule has 1 atom stereocenters. The van der Waals surface area contributed by atoms with E-state index in [1.54, 1.807) is 68.4 Å². The highest BCUT2D eigenvalue weighted by atomic mass is 35.5. The number of nitrogens with one attached hydrogen (secondary N) is 1. The van der Waals surface area contributed by atoms with Crippen molar-refractivity contribution < 1.29 is 22.4 Å². The van der Waals surface area contributed by atoms with Gasteiger partial charge in [0.05, 0.1) is 10.6 Å². The van der Waals surface area contributed by atoms with Gasteiger partial charge in [-0.15, -0.1) is 0 Å². The summed E-state index contributed by atoms with van der Waals surface area (Å²) < 4.78 is 41.7. The van der Waals surface area contributed by atoms with Crippen molar-refractivity contribution in [3.8, 4) is 0 Å². The summed E-state index contributed by atoms with van der Waals surface area (Å²) in [7, 11) is -4.25. The molecule has 0 aliphatic carbocycles. The molecular formula is C27H29ClFN3O4S. The monoisotopic (exact) mass is 545 g/mol. The minimum absolute atomic E-state index is 0.00731. The van der Waals surface area contributed by atoms with Gasteiger partial charge in [-0.05, 0) is 61.4 Å². The van der Waals surface area contributed by atoms with Gasteiger partial charge in [0.25, 0.3) is 10.0 Å². The zero-order valence-electron chi connectivity index (χ0n) is 20.6. The number of rotatable bonds is 11. The van der Waals surface area contributed by atoms with Gasteiger partial charge in [0.15, 0.2) is 0 Å². The van der Waals surface area contributed by atoms with Crippen LogP contribution < -0.4 is 9.62 Å². The number of amides is 2. The van der Waals surface area contributed by atoms with Gasteiger partial charge in [-0.3, -0.25) is 13.9 Å². The van der Waals surface area contributed by atoms with Crippen molar-refractivity contribution in [3.05, 3.63) is 95.3 Å². The van der Waals surface area contributed by atoms with Crippen LogP contribution in [0.15, 0.2) is 83.8 Å². The van der Waals surface area contributed by atoms with Gasteiger partial charge in [-0.1, -0.05) is 54.9 Å². The largest absolute Gasteiger partial charge is 0.355 e. The molecule has 196 valence electrons. The normalized spacial score (nSPS) is 12.0. The van der Waals surface area contributed by atoms with Crippen LogP contribution in [-0.4, -0.2) is 44.3 Å². The standard InChI is InChI=1S/C27H29ClFN3O4S/c1-3-25(27(34)30-4-2)31(18-20-10-8-9-13-24(20)28)26(33)19-32(22-11-6-5-7-12-22)37(35,36)23-16-14-21(29)15-17-23/h5-17,25H,3-4,18-19H2,1-2H3,(H,30,34)/t25-/m0/s1. The lowest BCUT2D eigenvalue weighted by atomic mass is 10.1. The molecule has 0 aromatic heterocycles. The van der Waals surface area contributed by atoms with Gasteiger partial charge in [0, 0.05) is 18.1 Å². The topological polar surface area (TPSA) is 86.8 Å². The fraction of sp³-hybridized carbons (Fsp3) is 0.259. The maximum Gasteiger partial charge on any atom is 0.264 e. The van der Waals surface area contributed by atoms with Crippen LogP contribution in [0.5, 0.6) is 0 Å². The average Bonchev–Trinajstić information content (AvgIpc) is 2.89. The fourth-order valence-corrected chi connectivity index (χ4v) is 5.49. The van der Waals surface area contributed by atoms with E-state index in [4.69, 9.17) is 11.6 Å². The Balaban J connectivity index is 2.04. The molecular weight excluding hydrogens is 517 g/mol. The minimum atomic E-state index is -4.25. The number of nitrogens with zero attached hydrogens (tertiary/aromatic N) is 2. The molecule has 7 nitrogen and oxygen atoms in total. The van der Waals surface area contributed by atoms with Crippen molar-refractivity contribution in [2.45, 2.75) is 37.8 Å². The molecule has 0 spiro atoms. The van der Waals surface area contributed by atoms with Crippen molar-refractivity contribution in [3.63, 3.8) is 0 Å². The SMILES string of the molecule is CCNC(=O)[C@H](CC)N(Cc1ccccc1Cl)C(=O)CN(c1ccccc1)S(=O)(=O)c1ccc(F)cc1. The first kappa shape index (κ1) is 28.1. The molecule has 0 radical (unpaired) electrons. The van der Waals surface area contributed by atoms with Crippen LogP contribution in [0.2, 0.25) is 5.02 Å². The highest BCUT2D eigenvalue weighted by molar-refractivity contribution is 7.92. The number of para-hydroxylation sites is 1. The summed E-state index contributed by atoms with van der Waals surface area (Å²) in [5.41, 5.74) is 0.872. The number of halogens is 2. The highest BCUT2D eigenvalue weighted by Gasteiger charge is 2.33. The van der Waals surface area contributed by atoms with Crippen molar-refractivity contribution in [1.82, 2.24) is 10.2 Å². The quantitative estimate of drug-likeness (QED) is 0.381. The van der Waals surface area contributed by atoms with Gasteiger partial charge in [0.1, 0.15) is 18.4 Å². The Morgan fingerprint density at radius 2 is 1.57 bits per heavy atom. The molecule has 0 heterocycles. The predicted octanol–water partition coefficient (Wildman–Crippen LogP) is 4.62. The molecule has 0 fully saturated rings. The van der Waals surface area contributed by atoms with Crippen LogP contribution in [0.3, 0.4) is 0 Å². The predicted molar refractivity (Wildman–Crippen MR) is 142 cm³/mol. The summed E-state index contributed by atoms with van der Waals surface area (Å²) in [5.74, 6) is -1.52. The number of carbonyl (C=O) groups is 2. The molecule has 2 amide bonds. The van der Waals surface area contributed by atoms with Gasteiger partial charge in [0.2, 0.25) is 11.8 Å². The molecule has 0 saturated carbocycles. The zero-order chi connectivity index (χ0) is 27.0. The minimum Gasteiger partial charge on any atom is -0.355 e. The van der Waals surface area contributed by atoms with Crippen LogP contribution in [0.25, 0.3) is 0 Å². The maximum atomic E-state index is 13.8. The highest BCUT2D eigenvalue weighted by Crippen LogP contribution is 2.25. The number of hydrogen-bond acceptors (Lipinski definition) is 4. The first-order valence-electron chi connectivity index (χ1n) is 11.8. The van der Waals surface area contributed by atoms with Crippen LogP contribution in [0.1, 0.15) is 25.8 Å². The average molecular weight is 546 g/mol. The zero-order valence-corrected chi connectivity index (χ0v) is 22.2. The van der Waals surface area contributed by atoms with E-state index in [2.05, 4.69) is 5.32 Å². The molecule has 0 saturated heterocycles. The Bertz CT molecular complexity index is 1320. The van der Waals surface area contributed by atoms with Gasteiger partial charge < -0.3 is 10.2 Å². The van der Waals surface area contributed by atoms with Gasteiger partial charge in [-0.25, -0.2) is 12.8 Å². The molecule has 10 heteroatoms. The van der Waals surface area contributed by atoms with Crippen molar-refractivity contribution >= 4 is 39.1 Å². The van der Waals surface area contributed by atoms with E-state index < -0.39 is 34.3 Å². The van der Waals surface area contributed by atoms with E-state index in [-0.39, 0.29) is 23.0 Å². The lowest BCUT2D eigenvalue weighted by Gasteiger charge is -2.33. The molecule has 0 aliphatic heterocycles. The van der Waals surface area contributed by atoms with Crippen LogP contribution >= 0.6 is 11.6 Å². The lowest BCUT2D eigenvalue weighted by Crippen LogP contribution is -2.52. The number of hydrogen-bond donors (Lipinski definition) is 1. The Hall–Kier alpha value is -3.43. The van der Waals surface area contributed by atoms with Crippen molar-refractivity contribution in [1.29, 1.82) is 0 Å². The van der Waals surface area contributed by atoms with Crippen LogP contribution in [-0.2, 0) is 26.2 Å². The molecule has 0 aliphatic rings. The second-order valence-corrected chi connectivity index (χ2v) is 10.5. The first-order chi connectivity index (χ1) is 17.7. The maximum absolute atomic E-state index is 13.8. The number of likely N-dealkylation sites (N-methyl/N-ethyl adjacent to an activating group) is 1. The number of sulfonamides is 1. The number of anilines is 1. The summed E-state index contributed by atoms with van der Waals surface area (Å²) in [6.45, 7) is 3.35. The first-order valence-corrected chi connectivity index (χ1v) is 13.6. The Kier molecular flexibility index (Phi) is 9.66. The van der Waals surface area contributed by atoms with Crippen LogP contribution in [0.4, 0.5) is 10.1 Å². The van der Waals surface area contributed by atoms with Crippen molar-refractivity contribution in [2.24, 2.45) is 0 Å². The number of carbonyl (C=O) groups excluding carboxylic acids is 2. The molecule has 3 aromatic carbocycles. The molecule has 3 rings (SSSR count). The summed E-state index contributed by atoms with van der Waals surface area (Å²) in [6, 6.07) is 18.6. The number of benzene rings is 3. The molecule has 0 unspecified atom stereocenters. The third-order valence-corrected chi connectivity index (χ3v) is 7.92. The second kappa shape index (κ2) is 12.7. The molecule has 3 aromatic rings. The summed E-state index contributed by atoms with van der Waals surface area (Å²) in [5, 5.41) is 3.17. The summed E-state index contributed by atoms with van der Waals surface area (Å²) in [4.78, 5) is 27.9. The molecule has 37 heavy (non-hydrogen) atoms. The molecule has 1 N–H and O–H groups in total. The smallest absolute Gasteiger partial charge is 0.264 e. The van der Waals surface area contributed by atoms with E-state index >= 15 is 0 Å². The van der Waals surface area contributed by atoms with Gasteiger partial charge in [-0.2, -0.15) is 0 Å². The van der Waals surface area contributed by atoms with E-state index in [0.717, 1.165) is 28.6 Å². The lowest BCUT2D eigenvalue weighted by molar-refractivity contribution is -0.140. The second-order valence-electron chi connectivity index (χ2n) is 8.23. The Morgan fingerprint density at radius 3 is 2.16 bits per heavy atom.